The zero-order chi connectivity index (χ0) is 29.8. The van der Waals surface area contributed by atoms with Crippen LogP contribution < -0.4 is 8.92 Å². The van der Waals surface area contributed by atoms with Gasteiger partial charge >= 0.3 is 260 Å². The molecule has 6 rings (SSSR count). The third kappa shape index (κ3) is 6.46. The van der Waals surface area contributed by atoms with Crippen molar-refractivity contribution in [3.8, 4) is 0 Å². The number of esters is 2. The van der Waals surface area contributed by atoms with Gasteiger partial charge in [-0.2, -0.15) is 0 Å². The fourth-order valence-electron chi connectivity index (χ4n) is 6.24. The second-order valence-electron chi connectivity index (χ2n) is 11.2. The molecule has 2 bridgehead atoms. The molecule has 4 aromatic rings. The van der Waals surface area contributed by atoms with Crippen LogP contribution in [0, 0.1) is 0 Å². The quantitative estimate of drug-likeness (QED) is 0.217. The van der Waals surface area contributed by atoms with Gasteiger partial charge in [0.2, 0.25) is 0 Å². The van der Waals surface area contributed by atoms with E-state index in [1.165, 1.54) is 45.4 Å². The maximum absolute atomic E-state index is 13.3. The van der Waals surface area contributed by atoms with Crippen molar-refractivity contribution in [3.05, 3.63) is 130 Å². The minimum atomic E-state index is -0.417. The van der Waals surface area contributed by atoms with Crippen molar-refractivity contribution < 1.29 is 19.1 Å². The Balaban J connectivity index is 1.42. The summed E-state index contributed by atoms with van der Waals surface area (Å²) >= 11 is 0.0937. The Morgan fingerprint density at radius 2 is 0.930 bits per heavy atom. The van der Waals surface area contributed by atoms with Crippen molar-refractivity contribution in [2.24, 2.45) is 0 Å². The van der Waals surface area contributed by atoms with Gasteiger partial charge in [0.1, 0.15) is 0 Å². The number of hydrogen-bond donors (Lipinski definition) is 0. The van der Waals surface area contributed by atoms with Crippen LogP contribution in [0.3, 0.4) is 0 Å². The Morgan fingerprint density at radius 3 is 1.26 bits per heavy atom. The number of rotatable bonds is 8. The molecule has 43 heavy (non-hydrogen) atoms. The summed E-state index contributed by atoms with van der Waals surface area (Å²) in [6, 6.07) is 32.5. The van der Waals surface area contributed by atoms with Crippen LogP contribution in [0.4, 0.5) is 0 Å². The number of ether oxygens (including phenoxy) is 2. The molecular formula is C36H36N2O4Se. The molecule has 2 aliphatic rings. The fourth-order valence-corrected chi connectivity index (χ4v) is 8.88. The van der Waals surface area contributed by atoms with Crippen LogP contribution in [0.2, 0.25) is 0 Å². The van der Waals surface area contributed by atoms with Crippen molar-refractivity contribution in [1.82, 2.24) is 9.80 Å². The first kappa shape index (κ1) is 29.3. The van der Waals surface area contributed by atoms with Gasteiger partial charge in [-0.05, 0) is 0 Å². The molecule has 0 amide bonds. The second kappa shape index (κ2) is 13.3. The van der Waals surface area contributed by atoms with E-state index in [2.05, 4.69) is 70.5 Å². The van der Waals surface area contributed by atoms with E-state index < -0.39 is 12.1 Å². The monoisotopic (exact) mass is 640 g/mol. The summed E-state index contributed by atoms with van der Waals surface area (Å²) in [5, 5.41) is 0. The molecule has 220 valence electrons. The average molecular weight is 640 g/mol. The van der Waals surface area contributed by atoms with Gasteiger partial charge in [0.15, 0.2) is 0 Å². The first-order valence-corrected chi connectivity index (χ1v) is 16.4. The van der Waals surface area contributed by atoms with Crippen LogP contribution in [-0.2, 0) is 58.1 Å². The first-order chi connectivity index (χ1) is 21.0. The normalized spacial score (nSPS) is 16.1. The predicted octanol–water partition coefficient (Wildman–Crippen LogP) is 3.54. The second-order valence-corrected chi connectivity index (χ2v) is 13.3. The topological polar surface area (TPSA) is 59.1 Å². The van der Waals surface area contributed by atoms with Gasteiger partial charge in [0.25, 0.3) is 0 Å². The van der Waals surface area contributed by atoms with Gasteiger partial charge in [0, 0.05) is 0 Å². The average Bonchev–Trinajstić information content (AvgIpc) is 3.02. The molecule has 7 heteroatoms. The molecule has 4 aromatic carbocycles. The summed E-state index contributed by atoms with van der Waals surface area (Å²) in [7, 11) is 2.96. The molecule has 2 heterocycles. The van der Waals surface area contributed by atoms with Gasteiger partial charge < -0.3 is 0 Å². The van der Waals surface area contributed by atoms with E-state index in [0.717, 1.165) is 11.1 Å². The molecule has 0 aromatic heterocycles. The van der Waals surface area contributed by atoms with Crippen molar-refractivity contribution in [3.63, 3.8) is 0 Å². The van der Waals surface area contributed by atoms with Crippen molar-refractivity contribution >= 4 is 35.8 Å². The Morgan fingerprint density at radius 1 is 0.581 bits per heavy atom. The summed E-state index contributed by atoms with van der Waals surface area (Å²) in [5.74, 6) is -0.434. The van der Waals surface area contributed by atoms with E-state index in [0.29, 0.717) is 39.0 Å². The van der Waals surface area contributed by atoms with E-state index in [1.807, 2.05) is 36.4 Å². The zero-order valence-corrected chi connectivity index (χ0v) is 26.3. The van der Waals surface area contributed by atoms with Crippen molar-refractivity contribution in [2.45, 2.75) is 51.1 Å². The predicted molar refractivity (Wildman–Crippen MR) is 168 cm³/mol. The maximum atomic E-state index is 13.3. The Kier molecular flexibility index (Phi) is 9.06. The Labute approximate surface area is 259 Å². The molecule has 0 aliphatic carbocycles. The SMILES string of the molecule is COC(=O)C(Cc1ccccc1)N1Cc2cccc3c2[Se]c2c(cccc2CN(C(Cc2ccccc2)C(=O)OC)C3)C1. The number of carbonyl (C=O) groups excluding carboxylic acids is 2. The minimum absolute atomic E-state index is 0.0937. The molecule has 0 radical (unpaired) electrons. The molecule has 2 aliphatic heterocycles. The van der Waals surface area contributed by atoms with E-state index in [-0.39, 0.29) is 26.9 Å². The van der Waals surface area contributed by atoms with E-state index in [9.17, 15) is 9.59 Å². The molecule has 0 saturated carbocycles. The molecular weight excluding hydrogens is 603 g/mol. The summed E-state index contributed by atoms with van der Waals surface area (Å²) in [5.41, 5.74) is 7.16. The number of hydrogen-bond acceptors (Lipinski definition) is 6. The Hall–Kier alpha value is -3.74. The summed E-state index contributed by atoms with van der Waals surface area (Å²) in [4.78, 5) is 31.1. The molecule has 0 N–H and O–H groups in total. The van der Waals surface area contributed by atoms with Gasteiger partial charge in [-0.15, -0.1) is 0 Å². The van der Waals surface area contributed by atoms with E-state index >= 15 is 0 Å². The third-order valence-electron chi connectivity index (χ3n) is 8.43. The first-order valence-electron chi connectivity index (χ1n) is 14.6. The summed E-state index contributed by atoms with van der Waals surface area (Å²) < 4.78 is 13.4. The van der Waals surface area contributed by atoms with Crippen molar-refractivity contribution in [1.29, 1.82) is 0 Å². The number of methoxy groups -OCH3 is 2. The molecule has 0 spiro atoms. The van der Waals surface area contributed by atoms with Crippen LogP contribution in [0.5, 0.6) is 0 Å². The van der Waals surface area contributed by atoms with E-state index in [4.69, 9.17) is 9.47 Å². The number of carbonyl (C=O) groups is 2. The Bertz CT molecular complexity index is 1430. The van der Waals surface area contributed by atoms with Crippen LogP contribution in [-0.4, -0.2) is 63.0 Å². The van der Waals surface area contributed by atoms with E-state index in [1.54, 1.807) is 0 Å². The third-order valence-corrected chi connectivity index (χ3v) is 11.5. The number of nitrogens with zero attached hydrogens (tertiary/aromatic N) is 2. The van der Waals surface area contributed by atoms with Crippen LogP contribution in [0.1, 0.15) is 33.4 Å². The van der Waals surface area contributed by atoms with Gasteiger partial charge in [-0.1, -0.05) is 0 Å². The van der Waals surface area contributed by atoms with Gasteiger partial charge in [-0.25, -0.2) is 0 Å². The van der Waals surface area contributed by atoms with Crippen LogP contribution >= 0.6 is 0 Å². The molecule has 0 saturated heterocycles. The summed E-state index contributed by atoms with van der Waals surface area (Å²) in [6.45, 7) is 2.58. The molecule has 2 unspecified atom stereocenters. The van der Waals surface area contributed by atoms with Crippen LogP contribution in [0.15, 0.2) is 97.1 Å². The summed E-state index contributed by atoms with van der Waals surface area (Å²) in [6.07, 6.45) is 1.16. The standard InChI is InChI=1S/C36H36N2O4Se/c1-41-35(39)31(19-25-11-5-3-6-12-25)37-21-27-15-9-17-29-23-38(32(36(40)42-2)20-26-13-7-4-8-14-26)24-30-18-10-16-28(22-37)34(30)43-33(27)29/h3-18,31-32H,19-24H2,1-2H3. The zero-order valence-electron chi connectivity index (χ0n) is 24.6. The van der Waals surface area contributed by atoms with Crippen LogP contribution in [0.25, 0.3) is 0 Å². The van der Waals surface area contributed by atoms with Crippen molar-refractivity contribution in [2.75, 3.05) is 14.2 Å². The molecule has 0 fully saturated rings. The number of benzene rings is 4. The molecule has 2 atom stereocenters. The van der Waals surface area contributed by atoms with Gasteiger partial charge in [0.05, 0.1) is 0 Å². The van der Waals surface area contributed by atoms with Gasteiger partial charge in [-0.3, -0.25) is 0 Å². The molecule has 6 nitrogen and oxygen atoms in total. The fraction of sp³-hybridized carbons (Fsp3) is 0.278.